The third-order valence-electron chi connectivity index (χ3n) is 9.59. The van der Waals surface area contributed by atoms with Crippen molar-refractivity contribution in [3.63, 3.8) is 0 Å². The van der Waals surface area contributed by atoms with Gasteiger partial charge in [0.15, 0.2) is 0 Å². The van der Waals surface area contributed by atoms with Crippen LogP contribution in [0.3, 0.4) is 0 Å². The SMILES string of the molecule is Cc1cc(Cl)ccc1-c1ccc(NC(=O)C(Cc2ccc(C(=O)NCCS(=O)(=O)O)cc2)c2ccc(C3=CC[C@H](C(C)(C)C)CC3)cc2)cc1. The number of anilines is 1. The van der Waals surface area contributed by atoms with Crippen LogP contribution in [-0.2, 0) is 21.3 Å². The predicted molar refractivity (Wildman–Crippen MR) is 203 cm³/mol. The molecule has 0 saturated heterocycles. The van der Waals surface area contributed by atoms with Crippen LogP contribution in [0.5, 0.6) is 0 Å². The summed E-state index contributed by atoms with van der Waals surface area (Å²) in [4.78, 5) is 26.5. The molecule has 262 valence electrons. The van der Waals surface area contributed by atoms with Gasteiger partial charge >= 0.3 is 0 Å². The Kier molecular flexibility index (Phi) is 11.7. The summed E-state index contributed by atoms with van der Waals surface area (Å²) >= 11 is 6.15. The van der Waals surface area contributed by atoms with E-state index >= 15 is 0 Å². The molecule has 2 atom stereocenters. The number of carbonyl (C=O) groups excluding carboxylic acids is 2. The van der Waals surface area contributed by atoms with Crippen molar-refractivity contribution >= 4 is 44.8 Å². The lowest BCUT2D eigenvalue weighted by molar-refractivity contribution is -0.117. The average molecular weight is 713 g/mol. The molecule has 0 heterocycles. The highest BCUT2D eigenvalue weighted by molar-refractivity contribution is 7.85. The van der Waals surface area contributed by atoms with Gasteiger partial charge < -0.3 is 10.6 Å². The molecule has 1 aliphatic carbocycles. The fourth-order valence-electron chi connectivity index (χ4n) is 6.51. The van der Waals surface area contributed by atoms with E-state index in [0.717, 1.165) is 47.1 Å². The van der Waals surface area contributed by atoms with Gasteiger partial charge in [-0.2, -0.15) is 8.42 Å². The van der Waals surface area contributed by atoms with E-state index in [-0.39, 0.29) is 17.9 Å². The van der Waals surface area contributed by atoms with Gasteiger partial charge in [0.25, 0.3) is 16.0 Å². The minimum Gasteiger partial charge on any atom is -0.351 e. The van der Waals surface area contributed by atoms with Crippen molar-refractivity contribution < 1.29 is 22.6 Å². The van der Waals surface area contributed by atoms with Crippen molar-refractivity contribution in [2.45, 2.75) is 59.3 Å². The lowest BCUT2D eigenvalue weighted by atomic mass is 9.72. The van der Waals surface area contributed by atoms with Crippen molar-refractivity contribution in [3.8, 4) is 11.1 Å². The van der Waals surface area contributed by atoms with Gasteiger partial charge in [0, 0.05) is 22.8 Å². The molecule has 3 N–H and O–H groups in total. The Labute approximate surface area is 300 Å². The first-order valence-corrected chi connectivity index (χ1v) is 18.9. The Morgan fingerprint density at radius 3 is 2.16 bits per heavy atom. The second kappa shape index (κ2) is 15.8. The van der Waals surface area contributed by atoms with Crippen LogP contribution in [0.15, 0.2) is 97.1 Å². The lowest BCUT2D eigenvalue weighted by Gasteiger charge is -2.33. The molecule has 1 unspecified atom stereocenters. The molecule has 0 bridgehead atoms. The molecule has 5 rings (SSSR count). The first-order valence-electron chi connectivity index (χ1n) is 17.0. The Morgan fingerprint density at radius 1 is 0.920 bits per heavy atom. The zero-order valence-electron chi connectivity index (χ0n) is 29.0. The standard InChI is InChI=1S/C41H45ClN2O5S/c1-27-25-35(42)19-22-37(27)31-15-20-36(21-16-31)44-40(46)38(26-28-5-7-33(8-6-28)39(45)43-23-24-50(47,48)49)32-11-9-29(10-12-32)30-13-17-34(18-14-30)41(2,3)4/h5-13,15-16,19-22,25,34,38H,14,17-18,23-24,26H2,1-4H3,(H,43,45)(H,44,46)(H,47,48,49)/t34-,38?/m0/s1. The minimum absolute atomic E-state index is 0.148. The molecular weight excluding hydrogens is 668 g/mol. The minimum atomic E-state index is -4.17. The molecule has 1 aliphatic rings. The Balaban J connectivity index is 1.35. The summed E-state index contributed by atoms with van der Waals surface area (Å²) in [7, 11) is -4.17. The van der Waals surface area contributed by atoms with Crippen molar-refractivity contribution in [2.24, 2.45) is 11.3 Å². The van der Waals surface area contributed by atoms with Crippen LogP contribution in [0, 0.1) is 18.3 Å². The number of nitrogens with one attached hydrogen (secondary N) is 2. The highest BCUT2D eigenvalue weighted by Gasteiger charge is 2.27. The second-order valence-electron chi connectivity index (χ2n) is 14.2. The lowest BCUT2D eigenvalue weighted by Crippen LogP contribution is -2.28. The molecule has 2 amide bonds. The van der Waals surface area contributed by atoms with Crippen LogP contribution >= 0.6 is 11.6 Å². The molecule has 9 heteroatoms. The van der Waals surface area contributed by atoms with E-state index in [0.29, 0.717) is 28.6 Å². The topological polar surface area (TPSA) is 113 Å². The highest BCUT2D eigenvalue weighted by atomic mass is 35.5. The maximum Gasteiger partial charge on any atom is 0.266 e. The number of aryl methyl sites for hydroxylation is 1. The van der Waals surface area contributed by atoms with Crippen molar-refractivity contribution in [3.05, 3.63) is 130 Å². The number of hydrogen-bond acceptors (Lipinski definition) is 4. The Hall–Kier alpha value is -4.24. The zero-order chi connectivity index (χ0) is 36.1. The van der Waals surface area contributed by atoms with Gasteiger partial charge in [-0.3, -0.25) is 14.1 Å². The van der Waals surface area contributed by atoms with Crippen LogP contribution in [0.2, 0.25) is 5.02 Å². The summed E-state index contributed by atoms with van der Waals surface area (Å²) in [5.41, 5.74) is 8.75. The van der Waals surface area contributed by atoms with Crippen molar-refractivity contribution in [1.82, 2.24) is 5.32 Å². The van der Waals surface area contributed by atoms with E-state index < -0.39 is 27.7 Å². The zero-order valence-corrected chi connectivity index (χ0v) is 30.6. The molecule has 0 fully saturated rings. The molecule has 0 aliphatic heterocycles. The van der Waals surface area contributed by atoms with Gasteiger partial charge in [-0.05, 0) is 119 Å². The third kappa shape index (κ3) is 9.93. The highest BCUT2D eigenvalue weighted by Crippen LogP contribution is 2.40. The Bertz CT molecular complexity index is 1960. The van der Waals surface area contributed by atoms with E-state index in [1.807, 2.05) is 61.5 Å². The van der Waals surface area contributed by atoms with Crippen LogP contribution in [-0.4, -0.2) is 37.1 Å². The number of benzene rings is 4. The van der Waals surface area contributed by atoms with Crippen LogP contribution in [0.4, 0.5) is 5.69 Å². The van der Waals surface area contributed by atoms with Crippen molar-refractivity contribution in [1.29, 1.82) is 0 Å². The fraction of sp³-hybridized carbons (Fsp3) is 0.317. The molecule has 4 aromatic rings. The average Bonchev–Trinajstić information content (AvgIpc) is 3.07. The normalized spacial score (nSPS) is 15.6. The van der Waals surface area contributed by atoms with E-state index in [1.165, 1.54) is 11.1 Å². The smallest absolute Gasteiger partial charge is 0.266 e. The van der Waals surface area contributed by atoms with Crippen LogP contribution in [0.1, 0.15) is 78.6 Å². The Morgan fingerprint density at radius 2 is 1.58 bits per heavy atom. The summed E-state index contributed by atoms with van der Waals surface area (Å²) in [6.07, 6.45) is 6.03. The maximum atomic E-state index is 14.0. The monoisotopic (exact) mass is 712 g/mol. The van der Waals surface area contributed by atoms with E-state index in [1.54, 1.807) is 24.3 Å². The molecule has 0 aromatic heterocycles. The van der Waals surface area contributed by atoms with E-state index in [4.69, 9.17) is 16.2 Å². The fourth-order valence-corrected chi connectivity index (χ4v) is 7.10. The number of carbonyl (C=O) groups is 2. The summed E-state index contributed by atoms with van der Waals surface area (Å²) in [6.45, 7) is 8.74. The largest absolute Gasteiger partial charge is 0.351 e. The summed E-state index contributed by atoms with van der Waals surface area (Å²) in [5.74, 6) is -1.01. The second-order valence-corrected chi connectivity index (χ2v) is 16.2. The molecular formula is C41H45ClN2O5S. The third-order valence-corrected chi connectivity index (χ3v) is 10.5. The van der Waals surface area contributed by atoms with E-state index in [2.05, 4.69) is 49.6 Å². The molecule has 0 radical (unpaired) electrons. The van der Waals surface area contributed by atoms with Gasteiger partial charge in [-0.1, -0.05) is 93.0 Å². The summed E-state index contributed by atoms with van der Waals surface area (Å²) < 4.78 is 30.9. The van der Waals surface area contributed by atoms with Gasteiger partial charge in [-0.15, -0.1) is 0 Å². The maximum absolute atomic E-state index is 14.0. The number of halogens is 1. The molecule has 7 nitrogen and oxygen atoms in total. The summed E-state index contributed by atoms with van der Waals surface area (Å²) in [5, 5.41) is 6.30. The summed E-state index contributed by atoms with van der Waals surface area (Å²) in [6, 6.07) is 28.8. The van der Waals surface area contributed by atoms with Gasteiger partial charge in [0.1, 0.15) is 0 Å². The predicted octanol–water partition coefficient (Wildman–Crippen LogP) is 9.13. The number of amides is 2. The molecule has 0 spiro atoms. The quantitative estimate of drug-likeness (QED) is 0.134. The van der Waals surface area contributed by atoms with E-state index in [9.17, 15) is 18.0 Å². The number of rotatable bonds is 11. The first kappa shape index (κ1) is 37.0. The molecule has 4 aromatic carbocycles. The first-order chi connectivity index (χ1) is 23.7. The van der Waals surface area contributed by atoms with Crippen LogP contribution < -0.4 is 10.6 Å². The van der Waals surface area contributed by atoms with Gasteiger partial charge in [0.2, 0.25) is 5.91 Å². The van der Waals surface area contributed by atoms with Gasteiger partial charge in [0.05, 0.1) is 11.7 Å². The molecule has 50 heavy (non-hydrogen) atoms. The van der Waals surface area contributed by atoms with Crippen molar-refractivity contribution in [2.75, 3.05) is 17.6 Å². The molecule has 0 saturated carbocycles. The van der Waals surface area contributed by atoms with Gasteiger partial charge in [-0.25, -0.2) is 0 Å². The van der Waals surface area contributed by atoms with Crippen LogP contribution in [0.25, 0.3) is 16.7 Å². The number of hydrogen-bond donors (Lipinski definition) is 3. The number of allylic oxidation sites excluding steroid dienone is 2.